The van der Waals surface area contributed by atoms with Crippen molar-refractivity contribution in [2.75, 3.05) is 6.61 Å². The van der Waals surface area contributed by atoms with Gasteiger partial charge in [0.1, 0.15) is 0 Å². The zero-order valence-corrected chi connectivity index (χ0v) is 12.2. The number of rotatable bonds is 6. The first-order valence-electron chi connectivity index (χ1n) is 7.64. The third-order valence-corrected chi connectivity index (χ3v) is 3.96. The molecular formula is C17H26O2. The number of ether oxygens (including phenoxy) is 2. The normalized spacial score (nSPS) is 27.4. The van der Waals surface area contributed by atoms with Crippen molar-refractivity contribution in [1.82, 2.24) is 0 Å². The first-order valence-corrected chi connectivity index (χ1v) is 7.64. The Morgan fingerprint density at radius 1 is 1.11 bits per heavy atom. The van der Waals surface area contributed by atoms with E-state index in [4.69, 9.17) is 9.47 Å². The Balaban J connectivity index is 1.81. The maximum Gasteiger partial charge on any atom is 0.158 e. The zero-order valence-electron chi connectivity index (χ0n) is 12.2. The van der Waals surface area contributed by atoms with E-state index in [0.29, 0.717) is 12.0 Å². The summed E-state index contributed by atoms with van der Waals surface area (Å²) in [5.74, 6) is 0.577. The summed E-state index contributed by atoms with van der Waals surface area (Å²) in [6.45, 7) is 5.31. The Labute approximate surface area is 117 Å². The highest BCUT2D eigenvalue weighted by molar-refractivity contribution is 5.14. The van der Waals surface area contributed by atoms with Crippen LogP contribution in [0.2, 0.25) is 0 Å². The number of hydrogen-bond donors (Lipinski definition) is 0. The van der Waals surface area contributed by atoms with Crippen molar-refractivity contribution in [3.05, 3.63) is 35.9 Å². The van der Waals surface area contributed by atoms with Gasteiger partial charge in [0.15, 0.2) is 6.29 Å². The fourth-order valence-corrected chi connectivity index (χ4v) is 2.73. The summed E-state index contributed by atoms with van der Waals surface area (Å²) in [4.78, 5) is 0. The Kier molecular flexibility index (Phi) is 5.87. The van der Waals surface area contributed by atoms with E-state index in [2.05, 4.69) is 44.2 Å². The van der Waals surface area contributed by atoms with Gasteiger partial charge in [-0.2, -0.15) is 0 Å². The van der Waals surface area contributed by atoms with Crippen LogP contribution in [0.3, 0.4) is 0 Å². The molecule has 1 aromatic rings. The summed E-state index contributed by atoms with van der Waals surface area (Å²) in [5.41, 5.74) is 1.36. The molecule has 1 heterocycles. The topological polar surface area (TPSA) is 18.5 Å². The average Bonchev–Trinajstić information content (AvgIpc) is 2.47. The molecule has 0 saturated carbocycles. The maximum atomic E-state index is 6.13. The van der Waals surface area contributed by atoms with Crippen LogP contribution in [0.5, 0.6) is 0 Å². The highest BCUT2D eigenvalue weighted by Gasteiger charge is 2.29. The first-order chi connectivity index (χ1) is 9.33. The van der Waals surface area contributed by atoms with Crippen LogP contribution in [0, 0.1) is 5.92 Å². The van der Waals surface area contributed by atoms with E-state index in [1.54, 1.807) is 0 Å². The van der Waals surface area contributed by atoms with Crippen LogP contribution in [0.15, 0.2) is 30.3 Å². The minimum Gasteiger partial charge on any atom is -0.352 e. The second-order valence-electron chi connectivity index (χ2n) is 5.42. The van der Waals surface area contributed by atoms with E-state index in [-0.39, 0.29) is 6.29 Å². The Hall–Kier alpha value is -0.860. The van der Waals surface area contributed by atoms with Crippen LogP contribution < -0.4 is 0 Å². The summed E-state index contributed by atoms with van der Waals surface area (Å²) in [5, 5.41) is 0. The van der Waals surface area contributed by atoms with Gasteiger partial charge < -0.3 is 9.47 Å². The molecule has 2 nitrogen and oxygen atoms in total. The quantitative estimate of drug-likeness (QED) is 0.765. The molecular weight excluding hydrogens is 236 g/mol. The van der Waals surface area contributed by atoms with Crippen molar-refractivity contribution in [2.45, 2.75) is 58.3 Å². The van der Waals surface area contributed by atoms with Crippen molar-refractivity contribution in [1.29, 1.82) is 0 Å². The predicted molar refractivity (Wildman–Crippen MR) is 78.1 cm³/mol. The lowest BCUT2D eigenvalue weighted by atomic mass is 9.95. The molecule has 1 aliphatic rings. The van der Waals surface area contributed by atoms with E-state index in [1.165, 1.54) is 12.0 Å². The van der Waals surface area contributed by atoms with Gasteiger partial charge in [-0.1, -0.05) is 50.6 Å². The van der Waals surface area contributed by atoms with Gasteiger partial charge in [0.05, 0.1) is 12.7 Å². The average molecular weight is 262 g/mol. The summed E-state index contributed by atoms with van der Waals surface area (Å²) >= 11 is 0. The lowest BCUT2D eigenvalue weighted by Gasteiger charge is -2.36. The third kappa shape index (κ3) is 4.32. The minimum absolute atomic E-state index is 0.0143. The predicted octanol–water partition coefficient (Wildman–Crippen LogP) is 4.19. The molecule has 0 aromatic heterocycles. The largest absolute Gasteiger partial charge is 0.352 e. The van der Waals surface area contributed by atoms with Crippen molar-refractivity contribution < 1.29 is 9.47 Å². The fraction of sp³-hybridized carbons (Fsp3) is 0.647. The molecule has 1 fully saturated rings. The molecule has 106 valence electrons. The standard InChI is InChI=1S/C17H26O2/c1-3-8-16-15(4-2)13-18-17(19-16)12-11-14-9-6-5-7-10-14/h5-7,9-10,15-17H,3-4,8,11-13H2,1-2H3/t15-,16+,17+/m1/s1. The molecule has 0 unspecified atom stereocenters. The van der Waals surface area contributed by atoms with Crippen LogP contribution in [0.1, 0.15) is 45.1 Å². The van der Waals surface area contributed by atoms with Gasteiger partial charge in [-0.3, -0.25) is 0 Å². The number of aryl methyl sites for hydroxylation is 1. The summed E-state index contributed by atoms with van der Waals surface area (Å²) < 4.78 is 12.0. The molecule has 0 amide bonds. The van der Waals surface area contributed by atoms with Crippen LogP contribution in [0.4, 0.5) is 0 Å². The Morgan fingerprint density at radius 3 is 2.58 bits per heavy atom. The monoisotopic (exact) mass is 262 g/mol. The second-order valence-corrected chi connectivity index (χ2v) is 5.42. The van der Waals surface area contributed by atoms with Gasteiger partial charge in [-0.15, -0.1) is 0 Å². The van der Waals surface area contributed by atoms with Gasteiger partial charge in [0.25, 0.3) is 0 Å². The number of hydrogen-bond acceptors (Lipinski definition) is 2. The molecule has 2 heteroatoms. The fourth-order valence-electron chi connectivity index (χ4n) is 2.73. The molecule has 0 radical (unpaired) electrons. The molecule has 19 heavy (non-hydrogen) atoms. The maximum absolute atomic E-state index is 6.13. The van der Waals surface area contributed by atoms with Crippen LogP contribution in [0.25, 0.3) is 0 Å². The summed E-state index contributed by atoms with van der Waals surface area (Å²) in [6.07, 6.45) is 5.86. The zero-order chi connectivity index (χ0) is 13.5. The molecule has 1 aliphatic heterocycles. The molecule has 0 aliphatic carbocycles. The molecule has 3 atom stereocenters. The van der Waals surface area contributed by atoms with E-state index in [9.17, 15) is 0 Å². The second kappa shape index (κ2) is 7.66. The smallest absolute Gasteiger partial charge is 0.158 e. The summed E-state index contributed by atoms with van der Waals surface area (Å²) in [6, 6.07) is 10.6. The van der Waals surface area contributed by atoms with Gasteiger partial charge >= 0.3 is 0 Å². The van der Waals surface area contributed by atoms with Crippen LogP contribution >= 0.6 is 0 Å². The molecule has 0 bridgehead atoms. The van der Waals surface area contributed by atoms with Gasteiger partial charge in [0.2, 0.25) is 0 Å². The summed E-state index contributed by atoms with van der Waals surface area (Å²) in [7, 11) is 0. The van der Waals surface area contributed by atoms with Gasteiger partial charge in [-0.25, -0.2) is 0 Å². The molecule has 2 rings (SSSR count). The van der Waals surface area contributed by atoms with Gasteiger partial charge in [-0.05, 0) is 24.8 Å². The third-order valence-electron chi connectivity index (χ3n) is 3.96. The van der Waals surface area contributed by atoms with E-state index in [0.717, 1.165) is 32.3 Å². The van der Waals surface area contributed by atoms with Crippen molar-refractivity contribution in [3.8, 4) is 0 Å². The highest BCUT2D eigenvalue weighted by Crippen LogP contribution is 2.26. The van der Waals surface area contributed by atoms with Gasteiger partial charge in [0, 0.05) is 12.3 Å². The molecule has 1 saturated heterocycles. The van der Waals surface area contributed by atoms with Crippen LogP contribution in [-0.4, -0.2) is 19.0 Å². The minimum atomic E-state index is -0.0143. The van der Waals surface area contributed by atoms with E-state index < -0.39 is 0 Å². The molecule has 0 spiro atoms. The lowest BCUT2D eigenvalue weighted by Crippen LogP contribution is -2.39. The van der Waals surface area contributed by atoms with Crippen molar-refractivity contribution in [3.63, 3.8) is 0 Å². The first kappa shape index (κ1) is 14.5. The Bertz CT molecular complexity index is 350. The van der Waals surface area contributed by atoms with Crippen molar-refractivity contribution >= 4 is 0 Å². The van der Waals surface area contributed by atoms with E-state index >= 15 is 0 Å². The van der Waals surface area contributed by atoms with Crippen molar-refractivity contribution in [2.24, 2.45) is 5.92 Å². The lowest BCUT2D eigenvalue weighted by molar-refractivity contribution is -0.239. The van der Waals surface area contributed by atoms with E-state index in [1.807, 2.05) is 0 Å². The molecule has 1 aromatic carbocycles. The SMILES string of the molecule is CCC[C@@H]1O[C@@H](CCc2ccccc2)OC[C@H]1CC. The number of benzene rings is 1. The van der Waals surface area contributed by atoms with Crippen LogP contribution in [-0.2, 0) is 15.9 Å². The highest BCUT2D eigenvalue weighted by atomic mass is 16.7. The molecule has 0 N–H and O–H groups in total. The Morgan fingerprint density at radius 2 is 1.89 bits per heavy atom.